The summed E-state index contributed by atoms with van der Waals surface area (Å²) in [5.41, 5.74) is 10.4. The molecule has 0 unspecified atom stereocenters. The highest BCUT2D eigenvalue weighted by molar-refractivity contribution is 5.56. The van der Waals surface area contributed by atoms with Gasteiger partial charge in [0.15, 0.2) is 0 Å². The molecule has 2 nitrogen and oxygen atoms in total. The molecule has 1 aromatic rings. The second kappa shape index (κ2) is 5.31. The summed E-state index contributed by atoms with van der Waals surface area (Å²) in [7, 11) is 0. The highest BCUT2D eigenvalue weighted by atomic mass is 15.1. The van der Waals surface area contributed by atoms with Crippen molar-refractivity contribution < 1.29 is 0 Å². The number of rotatable bonds is 4. The Morgan fingerprint density at radius 3 is 2.83 bits per heavy atom. The number of fused-ring (bicyclic) bond motifs is 1. The van der Waals surface area contributed by atoms with E-state index in [0.29, 0.717) is 0 Å². The van der Waals surface area contributed by atoms with Gasteiger partial charge >= 0.3 is 0 Å². The van der Waals surface area contributed by atoms with Crippen LogP contribution in [-0.2, 0) is 6.42 Å². The Balaban J connectivity index is 2.08. The van der Waals surface area contributed by atoms with Gasteiger partial charge in [-0.15, -0.1) is 0 Å². The maximum absolute atomic E-state index is 5.82. The molecule has 0 saturated heterocycles. The van der Waals surface area contributed by atoms with Crippen LogP contribution in [0.1, 0.15) is 37.8 Å². The van der Waals surface area contributed by atoms with E-state index in [1.54, 1.807) is 0 Å². The fourth-order valence-electron chi connectivity index (χ4n) is 2.58. The number of nitrogens with zero attached hydrogens (tertiary/aromatic N) is 1. The molecule has 2 rings (SSSR count). The minimum atomic E-state index is 0.252. The first-order chi connectivity index (χ1) is 8.52. The smallest absolute Gasteiger partial charge is 0.0398 e. The van der Waals surface area contributed by atoms with Crippen LogP contribution in [0.4, 0.5) is 5.69 Å². The molecule has 0 aromatic heterocycles. The van der Waals surface area contributed by atoms with E-state index in [9.17, 15) is 0 Å². The Bertz CT molecular complexity index is 410. The number of aryl methyl sites for hydroxylation is 2. The Labute approximate surface area is 111 Å². The molecule has 0 bridgehead atoms. The van der Waals surface area contributed by atoms with Crippen LogP contribution in [0.5, 0.6) is 0 Å². The molecule has 0 radical (unpaired) electrons. The largest absolute Gasteiger partial charge is 0.371 e. The van der Waals surface area contributed by atoms with Crippen molar-refractivity contribution in [3.8, 4) is 0 Å². The van der Waals surface area contributed by atoms with E-state index in [0.717, 1.165) is 19.5 Å². The fraction of sp³-hybridized carbons (Fsp3) is 0.625. The minimum absolute atomic E-state index is 0.252. The number of hydrogen-bond donors (Lipinski definition) is 1. The summed E-state index contributed by atoms with van der Waals surface area (Å²) in [5, 5.41) is 0. The van der Waals surface area contributed by atoms with Crippen LogP contribution < -0.4 is 10.6 Å². The second-order valence-corrected chi connectivity index (χ2v) is 6.34. The fourth-order valence-corrected chi connectivity index (χ4v) is 2.58. The summed E-state index contributed by atoms with van der Waals surface area (Å²) in [6.07, 6.45) is 3.67. The van der Waals surface area contributed by atoms with Crippen molar-refractivity contribution in [3.63, 3.8) is 0 Å². The summed E-state index contributed by atoms with van der Waals surface area (Å²) >= 11 is 0. The van der Waals surface area contributed by atoms with Crippen LogP contribution in [-0.4, -0.2) is 19.6 Å². The van der Waals surface area contributed by atoms with Gasteiger partial charge in [-0.1, -0.05) is 31.5 Å². The zero-order chi connectivity index (χ0) is 13.2. The zero-order valence-electron chi connectivity index (χ0n) is 12.0. The van der Waals surface area contributed by atoms with E-state index in [1.807, 2.05) is 0 Å². The normalized spacial score (nSPS) is 15.7. The molecule has 0 amide bonds. The third kappa shape index (κ3) is 3.05. The lowest BCUT2D eigenvalue weighted by Gasteiger charge is -2.34. The van der Waals surface area contributed by atoms with Gasteiger partial charge in [-0.3, -0.25) is 0 Å². The molecular formula is C16H26N2. The van der Waals surface area contributed by atoms with E-state index >= 15 is 0 Å². The molecule has 2 N–H and O–H groups in total. The lowest BCUT2D eigenvalue weighted by molar-refractivity contribution is 0.348. The summed E-state index contributed by atoms with van der Waals surface area (Å²) in [6.45, 7) is 9.77. The van der Waals surface area contributed by atoms with Gasteiger partial charge in [0.1, 0.15) is 0 Å². The van der Waals surface area contributed by atoms with E-state index in [1.165, 1.54) is 36.2 Å². The average molecular weight is 246 g/mol. The molecule has 1 aromatic carbocycles. The first kappa shape index (κ1) is 13.4. The summed E-state index contributed by atoms with van der Waals surface area (Å²) in [4.78, 5) is 2.54. The summed E-state index contributed by atoms with van der Waals surface area (Å²) < 4.78 is 0. The van der Waals surface area contributed by atoms with Crippen LogP contribution >= 0.6 is 0 Å². The molecule has 0 aliphatic carbocycles. The quantitative estimate of drug-likeness (QED) is 0.884. The Kier molecular flexibility index (Phi) is 3.96. The highest BCUT2D eigenvalue weighted by Crippen LogP contribution is 2.29. The standard InChI is InChI=1S/C16H26N2/c1-13-6-7-15-14(11-13)5-4-9-18(15)10-8-16(2,3)12-17/h6-7,11H,4-5,8-10,12,17H2,1-3H3. The van der Waals surface area contributed by atoms with Crippen LogP contribution in [0.2, 0.25) is 0 Å². The minimum Gasteiger partial charge on any atom is -0.371 e. The Morgan fingerprint density at radius 2 is 2.11 bits per heavy atom. The third-order valence-electron chi connectivity index (χ3n) is 4.06. The van der Waals surface area contributed by atoms with Crippen LogP contribution in [0.15, 0.2) is 18.2 Å². The van der Waals surface area contributed by atoms with Gasteiger partial charge < -0.3 is 10.6 Å². The van der Waals surface area contributed by atoms with Crippen molar-refractivity contribution in [1.29, 1.82) is 0 Å². The maximum Gasteiger partial charge on any atom is 0.0398 e. The van der Waals surface area contributed by atoms with Crippen molar-refractivity contribution in [1.82, 2.24) is 0 Å². The van der Waals surface area contributed by atoms with Crippen molar-refractivity contribution in [2.45, 2.75) is 40.0 Å². The lowest BCUT2D eigenvalue weighted by Crippen LogP contribution is -2.34. The number of nitrogens with two attached hydrogens (primary N) is 1. The molecule has 1 heterocycles. The van der Waals surface area contributed by atoms with E-state index in [4.69, 9.17) is 5.73 Å². The molecule has 2 heteroatoms. The van der Waals surface area contributed by atoms with E-state index < -0.39 is 0 Å². The predicted octanol–water partition coefficient (Wildman–Crippen LogP) is 3.12. The molecule has 18 heavy (non-hydrogen) atoms. The van der Waals surface area contributed by atoms with Gasteiger partial charge in [0, 0.05) is 18.8 Å². The summed E-state index contributed by atoms with van der Waals surface area (Å²) in [6, 6.07) is 6.86. The SMILES string of the molecule is Cc1ccc2c(c1)CCCN2CCC(C)(C)CN. The van der Waals surface area contributed by atoms with Gasteiger partial charge in [0.25, 0.3) is 0 Å². The first-order valence-corrected chi connectivity index (χ1v) is 7.06. The van der Waals surface area contributed by atoms with E-state index in [-0.39, 0.29) is 5.41 Å². The lowest BCUT2D eigenvalue weighted by atomic mass is 9.89. The topological polar surface area (TPSA) is 29.3 Å². The van der Waals surface area contributed by atoms with Crippen LogP contribution in [0.25, 0.3) is 0 Å². The Morgan fingerprint density at radius 1 is 1.33 bits per heavy atom. The van der Waals surface area contributed by atoms with Gasteiger partial charge in [0.2, 0.25) is 0 Å². The zero-order valence-corrected chi connectivity index (χ0v) is 12.0. The van der Waals surface area contributed by atoms with Crippen molar-refractivity contribution in [2.24, 2.45) is 11.1 Å². The molecule has 0 fully saturated rings. The van der Waals surface area contributed by atoms with Crippen LogP contribution in [0, 0.1) is 12.3 Å². The number of anilines is 1. The van der Waals surface area contributed by atoms with Gasteiger partial charge in [0.05, 0.1) is 0 Å². The van der Waals surface area contributed by atoms with E-state index in [2.05, 4.69) is 43.9 Å². The highest BCUT2D eigenvalue weighted by Gasteiger charge is 2.20. The maximum atomic E-state index is 5.82. The molecule has 100 valence electrons. The monoisotopic (exact) mass is 246 g/mol. The molecule has 0 saturated carbocycles. The number of hydrogen-bond acceptors (Lipinski definition) is 2. The van der Waals surface area contributed by atoms with Crippen molar-refractivity contribution in [3.05, 3.63) is 29.3 Å². The average Bonchev–Trinajstić information content (AvgIpc) is 2.36. The number of benzene rings is 1. The van der Waals surface area contributed by atoms with Gasteiger partial charge in [-0.2, -0.15) is 0 Å². The van der Waals surface area contributed by atoms with Crippen molar-refractivity contribution in [2.75, 3.05) is 24.5 Å². The van der Waals surface area contributed by atoms with Crippen LogP contribution in [0.3, 0.4) is 0 Å². The van der Waals surface area contributed by atoms with Gasteiger partial charge in [-0.25, -0.2) is 0 Å². The first-order valence-electron chi connectivity index (χ1n) is 7.06. The van der Waals surface area contributed by atoms with Crippen molar-refractivity contribution >= 4 is 5.69 Å². The third-order valence-corrected chi connectivity index (χ3v) is 4.06. The predicted molar refractivity (Wildman–Crippen MR) is 79.2 cm³/mol. The molecule has 1 aliphatic rings. The molecule has 0 atom stereocenters. The molecule has 1 aliphatic heterocycles. The molecule has 0 spiro atoms. The second-order valence-electron chi connectivity index (χ2n) is 6.34. The van der Waals surface area contributed by atoms with Gasteiger partial charge in [-0.05, 0) is 49.8 Å². The molecular weight excluding hydrogens is 220 g/mol. The Hall–Kier alpha value is -1.02. The summed E-state index contributed by atoms with van der Waals surface area (Å²) in [5.74, 6) is 0.